The normalized spacial score (nSPS) is 48.5. The topological polar surface area (TPSA) is 40.5 Å². The minimum atomic E-state index is -4.50. The predicted octanol–water partition coefficient (Wildman–Crippen LogP) is 7.13. The largest absolute Gasteiger partial charge is 0.414 e. The third-order valence-electron chi connectivity index (χ3n) is 11.5. The lowest BCUT2D eigenvalue weighted by molar-refractivity contribution is -0.206. The third-order valence-corrected chi connectivity index (χ3v) is 11.5. The maximum atomic E-state index is 12.8. The van der Waals surface area contributed by atoms with Crippen molar-refractivity contribution in [3.63, 3.8) is 0 Å². The highest BCUT2D eigenvalue weighted by Gasteiger charge is 2.61. The van der Waals surface area contributed by atoms with E-state index in [4.69, 9.17) is 0 Å². The van der Waals surface area contributed by atoms with Gasteiger partial charge in [-0.05, 0) is 123 Å². The van der Waals surface area contributed by atoms with Gasteiger partial charge in [0.2, 0.25) is 0 Å². The highest BCUT2D eigenvalue weighted by molar-refractivity contribution is 5.10. The molecule has 2 N–H and O–H groups in total. The zero-order chi connectivity index (χ0) is 23.5. The quantitative estimate of drug-likeness (QED) is 0.460. The van der Waals surface area contributed by atoms with Crippen LogP contribution in [0.2, 0.25) is 0 Å². The molecule has 186 valence electrons. The Hall–Kier alpha value is -0.290. The molecule has 4 aliphatic rings. The van der Waals surface area contributed by atoms with Gasteiger partial charge in [-0.3, -0.25) is 0 Å². The van der Waals surface area contributed by atoms with Gasteiger partial charge in [-0.1, -0.05) is 27.7 Å². The summed E-state index contributed by atoms with van der Waals surface area (Å²) < 4.78 is 38.3. The van der Waals surface area contributed by atoms with Crippen LogP contribution in [0.15, 0.2) is 0 Å². The van der Waals surface area contributed by atoms with Gasteiger partial charge in [0, 0.05) is 0 Å². The molecule has 0 aliphatic heterocycles. The van der Waals surface area contributed by atoms with Crippen molar-refractivity contribution >= 4 is 0 Å². The summed E-state index contributed by atoms with van der Waals surface area (Å²) in [5.74, 6) is 3.48. The Morgan fingerprint density at radius 2 is 1.59 bits per heavy atom. The van der Waals surface area contributed by atoms with Crippen molar-refractivity contribution in [3.8, 4) is 0 Å². The zero-order valence-electron chi connectivity index (χ0n) is 20.6. The van der Waals surface area contributed by atoms with Crippen LogP contribution in [0.25, 0.3) is 0 Å². The molecular weight excluding hydrogens is 413 g/mol. The number of halogens is 3. The van der Waals surface area contributed by atoms with Gasteiger partial charge in [0.25, 0.3) is 0 Å². The minimum absolute atomic E-state index is 0.173. The monoisotopic (exact) mass is 458 g/mol. The summed E-state index contributed by atoms with van der Waals surface area (Å²) >= 11 is 0. The van der Waals surface area contributed by atoms with Crippen LogP contribution in [0.1, 0.15) is 105 Å². The van der Waals surface area contributed by atoms with Gasteiger partial charge in [0.15, 0.2) is 0 Å². The van der Waals surface area contributed by atoms with Gasteiger partial charge in [-0.2, -0.15) is 13.2 Å². The van der Waals surface area contributed by atoms with Crippen LogP contribution in [0.3, 0.4) is 0 Å². The highest BCUT2D eigenvalue weighted by atomic mass is 19.4. The Morgan fingerprint density at radius 3 is 2.25 bits per heavy atom. The maximum absolute atomic E-state index is 12.8. The second kappa shape index (κ2) is 8.43. The summed E-state index contributed by atoms with van der Waals surface area (Å²) in [5.41, 5.74) is 0.104. The third kappa shape index (κ3) is 4.06. The van der Waals surface area contributed by atoms with Crippen molar-refractivity contribution in [3.05, 3.63) is 0 Å². The molecule has 1 unspecified atom stereocenters. The van der Waals surface area contributed by atoms with Crippen molar-refractivity contribution < 1.29 is 23.4 Å². The van der Waals surface area contributed by atoms with E-state index in [9.17, 15) is 23.4 Å². The summed E-state index contributed by atoms with van der Waals surface area (Å²) in [5, 5.41) is 20.4. The first kappa shape index (κ1) is 24.8. The fourth-order valence-electron chi connectivity index (χ4n) is 9.40. The van der Waals surface area contributed by atoms with Crippen molar-refractivity contribution in [2.24, 2.45) is 46.3 Å². The smallest absolute Gasteiger partial charge is 0.390 e. The first-order valence-corrected chi connectivity index (χ1v) is 13.3. The van der Waals surface area contributed by atoms with E-state index >= 15 is 0 Å². The van der Waals surface area contributed by atoms with Crippen LogP contribution in [-0.4, -0.2) is 28.1 Å². The Morgan fingerprint density at radius 1 is 0.906 bits per heavy atom. The van der Waals surface area contributed by atoms with E-state index in [1.165, 1.54) is 32.1 Å². The lowest BCUT2D eigenvalue weighted by Gasteiger charge is -2.62. The summed E-state index contributed by atoms with van der Waals surface area (Å²) in [6.07, 6.45) is 4.76. The SMILES string of the molecule is CC[C@]1(O)CC[C@]2(C)C3CC[C@]4(C)[C@@H]([C@H](C)CC[C@@H](O)C(F)(F)F)CC[C@H]4[C@@H]3CC[C@H]2C1. The molecule has 4 fully saturated rings. The van der Waals surface area contributed by atoms with E-state index in [-0.39, 0.29) is 17.8 Å². The Balaban J connectivity index is 1.45. The number of fused-ring (bicyclic) bond motifs is 5. The van der Waals surface area contributed by atoms with Crippen LogP contribution in [-0.2, 0) is 0 Å². The molecule has 2 nitrogen and oxygen atoms in total. The number of rotatable bonds is 5. The molecule has 4 rings (SSSR count). The van der Waals surface area contributed by atoms with Gasteiger partial charge in [-0.15, -0.1) is 0 Å². The standard InChI is InChI=1S/C27H45F3O2/c1-5-26(32)15-14-24(3)18(16-26)7-8-19-21-10-9-20(25(21,4)13-12-22(19)24)17(2)6-11-23(31)27(28,29)30/h17-23,31-32H,5-16H2,1-4H3/t17-,18+,19+,20-,21+,22?,23-,24+,25-,26+/m1/s1. The molecule has 0 aromatic heterocycles. The molecule has 4 aliphatic carbocycles. The fraction of sp³-hybridized carbons (Fsp3) is 1.00. The van der Waals surface area contributed by atoms with Crippen molar-refractivity contribution in [2.45, 2.75) is 123 Å². The van der Waals surface area contributed by atoms with Gasteiger partial charge in [0.05, 0.1) is 5.60 Å². The number of hydrogen-bond donors (Lipinski definition) is 2. The highest BCUT2D eigenvalue weighted by Crippen LogP contribution is 2.69. The Bertz CT molecular complexity index is 680. The predicted molar refractivity (Wildman–Crippen MR) is 121 cm³/mol. The molecule has 0 spiro atoms. The summed E-state index contributed by atoms with van der Waals surface area (Å²) in [4.78, 5) is 0. The molecule has 0 heterocycles. The molecule has 4 saturated carbocycles. The Kier molecular flexibility index (Phi) is 6.54. The molecule has 0 aromatic rings. The van der Waals surface area contributed by atoms with Gasteiger partial charge >= 0.3 is 6.18 Å². The average molecular weight is 459 g/mol. The fourth-order valence-corrected chi connectivity index (χ4v) is 9.40. The van der Waals surface area contributed by atoms with E-state index in [0.717, 1.165) is 43.9 Å². The van der Waals surface area contributed by atoms with Crippen LogP contribution in [0.5, 0.6) is 0 Å². The van der Waals surface area contributed by atoms with E-state index in [0.29, 0.717) is 29.6 Å². The molecule has 32 heavy (non-hydrogen) atoms. The van der Waals surface area contributed by atoms with Crippen molar-refractivity contribution in [1.29, 1.82) is 0 Å². The van der Waals surface area contributed by atoms with Crippen LogP contribution in [0, 0.1) is 46.3 Å². The number of aliphatic hydroxyl groups excluding tert-OH is 1. The summed E-state index contributed by atoms with van der Waals surface area (Å²) in [6.45, 7) is 9.19. The summed E-state index contributed by atoms with van der Waals surface area (Å²) in [6, 6.07) is 0. The lowest BCUT2D eigenvalue weighted by Crippen LogP contribution is -2.56. The van der Waals surface area contributed by atoms with Crippen molar-refractivity contribution in [2.75, 3.05) is 0 Å². The minimum Gasteiger partial charge on any atom is -0.390 e. The molecule has 0 bridgehead atoms. The molecular formula is C27H45F3O2. The molecule has 0 radical (unpaired) electrons. The molecule has 0 aromatic carbocycles. The van der Waals surface area contributed by atoms with Crippen LogP contribution >= 0.6 is 0 Å². The van der Waals surface area contributed by atoms with Crippen LogP contribution < -0.4 is 0 Å². The van der Waals surface area contributed by atoms with E-state index < -0.39 is 17.9 Å². The second-order valence-corrected chi connectivity index (χ2v) is 12.8. The van der Waals surface area contributed by atoms with E-state index in [1.54, 1.807) is 0 Å². The Labute approximate surface area is 192 Å². The lowest BCUT2D eigenvalue weighted by atomic mass is 9.43. The van der Waals surface area contributed by atoms with E-state index in [2.05, 4.69) is 27.7 Å². The maximum Gasteiger partial charge on any atom is 0.414 e. The zero-order valence-corrected chi connectivity index (χ0v) is 20.6. The number of alkyl halides is 3. The first-order valence-electron chi connectivity index (χ1n) is 13.3. The van der Waals surface area contributed by atoms with Gasteiger partial charge in [0.1, 0.15) is 6.10 Å². The summed E-state index contributed by atoms with van der Waals surface area (Å²) in [7, 11) is 0. The molecule has 5 heteroatoms. The number of aliphatic hydroxyl groups is 2. The second-order valence-electron chi connectivity index (χ2n) is 12.8. The molecule has 0 amide bonds. The van der Waals surface area contributed by atoms with E-state index in [1.807, 2.05) is 0 Å². The average Bonchev–Trinajstić information content (AvgIpc) is 3.09. The molecule has 0 saturated heterocycles. The van der Waals surface area contributed by atoms with Crippen molar-refractivity contribution in [1.82, 2.24) is 0 Å². The van der Waals surface area contributed by atoms with Gasteiger partial charge < -0.3 is 10.2 Å². The number of hydrogen-bond acceptors (Lipinski definition) is 2. The first-order chi connectivity index (χ1) is 14.8. The molecule has 10 atom stereocenters. The van der Waals surface area contributed by atoms with Gasteiger partial charge in [-0.25, -0.2) is 0 Å². The van der Waals surface area contributed by atoms with Crippen LogP contribution in [0.4, 0.5) is 13.2 Å².